The summed E-state index contributed by atoms with van der Waals surface area (Å²) in [6.07, 6.45) is 3.32. The first kappa shape index (κ1) is 28.4. The van der Waals surface area contributed by atoms with Crippen LogP contribution in [0.15, 0.2) is 103 Å². The van der Waals surface area contributed by atoms with Crippen LogP contribution >= 0.6 is 0 Å². The predicted molar refractivity (Wildman–Crippen MR) is 170 cm³/mol. The molecular formula is C35H31N5O4. The van der Waals surface area contributed by atoms with Crippen LogP contribution in [0.2, 0.25) is 0 Å². The quantitative estimate of drug-likeness (QED) is 0.179. The van der Waals surface area contributed by atoms with Gasteiger partial charge in [-0.2, -0.15) is 0 Å². The molecule has 0 aliphatic heterocycles. The molecule has 1 atom stereocenters. The summed E-state index contributed by atoms with van der Waals surface area (Å²) in [4.78, 5) is 42.5. The van der Waals surface area contributed by atoms with Gasteiger partial charge in [-0.25, -0.2) is 4.98 Å². The predicted octanol–water partition coefficient (Wildman–Crippen LogP) is 6.48. The molecule has 0 spiro atoms. The summed E-state index contributed by atoms with van der Waals surface area (Å²) in [5, 5.41) is 16.8. The Bertz CT molecular complexity index is 2010. The molecule has 1 unspecified atom stereocenters. The summed E-state index contributed by atoms with van der Waals surface area (Å²) in [5.74, 6) is -0.817. The maximum absolute atomic E-state index is 13.4. The molecule has 0 bridgehead atoms. The van der Waals surface area contributed by atoms with Gasteiger partial charge >= 0.3 is 5.97 Å². The molecule has 9 heteroatoms. The molecule has 3 aromatic heterocycles. The summed E-state index contributed by atoms with van der Waals surface area (Å²) in [6, 6.07) is 27.8. The number of carbonyl (C=O) groups excluding carboxylic acids is 2. The Morgan fingerprint density at radius 3 is 2.39 bits per heavy atom. The molecule has 0 saturated carbocycles. The summed E-state index contributed by atoms with van der Waals surface area (Å²) in [6.45, 7) is 4.00. The molecule has 6 rings (SSSR count). The van der Waals surface area contributed by atoms with Crippen LogP contribution in [0.3, 0.4) is 0 Å². The highest BCUT2D eigenvalue weighted by Crippen LogP contribution is 2.36. The van der Waals surface area contributed by atoms with Crippen molar-refractivity contribution in [3.63, 3.8) is 0 Å². The molecule has 1 amide bonds. The lowest BCUT2D eigenvalue weighted by atomic mass is 10.0. The molecule has 44 heavy (non-hydrogen) atoms. The third-order valence-electron chi connectivity index (χ3n) is 7.66. The van der Waals surface area contributed by atoms with Crippen LogP contribution < -0.4 is 10.6 Å². The minimum Gasteiger partial charge on any atom is -0.481 e. The monoisotopic (exact) mass is 585 g/mol. The molecule has 0 saturated heterocycles. The number of imidazole rings is 1. The van der Waals surface area contributed by atoms with Gasteiger partial charge in [0.05, 0.1) is 18.0 Å². The Morgan fingerprint density at radius 2 is 1.66 bits per heavy atom. The topological polar surface area (TPSA) is 118 Å². The molecule has 220 valence electrons. The van der Waals surface area contributed by atoms with Crippen LogP contribution in [0.5, 0.6) is 0 Å². The van der Waals surface area contributed by atoms with Gasteiger partial charge in [0.25, 0.3) is 5.91 Å². The van der Waals surface area contributed by atoms with E-state index < -0.39 is 17.9 Å². The number of aromatic nitrogens is 3. The number of benzene rings is 3. The minimum absolute atomic E-state index is 0.113. The molecule has 0 aliphatic carbocycles. The van der Waals surface area contributed by atoms with Gasteiger partial charge in [0, 0.05) is 42.4 Å². The summed E-state index contributed by atoms with van der Waals surface area (Å²) < 4.78 is 3.49. The largest absolute Gasteiger partial charge is 0.481 e. The second-order valence-electron chi connectivity index (χ2n) is 10.8. The first-order valence-electron chi connectivity index (χ1n) is 14.3. The van der Waals surface area contributed by atoms with Crippen molar-refractivity contribution in [3.05, 3.63) is 126 Å². The van der Waals surface area contributed by atoms with E-state index >= 15 is 0 Å². The van der Waals surface area contributed by atoms with Gasteiger partial charge < -0.3 is 15.7 Å². The second-order valence-corrected chi connectivity index (χ2v) is 10.8. The smallest absolute Gasteiger partial charge is 0.305 e. The second kappa shape index (κ2) is 11.9. The number of hydrogen-bond acceptors (Lipinski definition) is 5. The minimum atomic E-state index is -1.01. The molecule has 6 aromatic rings. The summed E-state index contributed by atoms with van der Waals surface area (Å²) >= 11 is 0. The Balaban J connectivity index is 1.41. The Kier molecular flexibility index (Phi) is 7.68. The summed E-state index contributed by atoms with van der Waals surface area (Å²) in [5.41, 5.74) is 5.89. The van der Waals surface area contributed by atoms with E-state index in [0.717, 1.165) is 27.6 Å². The van der Waals surface area contributed by atoms with Gasteiger partial charge in [-0.1, -0.05) is 78.4 Å². The van der Waals surface area contributed by atoms with Crippen molar-refractivity contribution in [2.24, 2.45) is 0 Å². The van der Waals surface area contributed by atoms with E-state index in [4.69, 9.17) is 4.98 Å². The Labute approximate surface area is 253 Å². The number of aliphatic carboxylic acids is 1. The summed E-state index contributed by atoms with van der Waals surface area (Å²) in [7, 11) is 0. The molecule has 3 heterocycles. The third kappa shape index (κ3) is 5.67. The van der Waals surface area contributed by atoms with E-state index in [-0.39, 0.29) is 12.3 Å². The first-order chi connectivity index (χ1) is 21.3. The van der Waals surface area contributed by atoms with Gasteiger partial charge in [-0.3, -0.25) is 23.4 Å². The van der Waals surface area contributed by atoms with E-state index in [1.165, 1.54) is 6.92 Å². The number of nitrogens with zero attached hydrogens (tertiary/aromatic N) is 3. The average molecular weight is 586 g/mol. The van der Waals surface area contributed by atoms with Crippen molar-refractivity contribution in [2.75, 3.05) is 5.32 Å². The number of nitrogens with one attached hydrogen (secondary N) is 2. The highest BCUT2D eigenvalue weighted by molar-refractivity contribution is 6.03. The van der Waals surface area contributed by atoms with Gasteiger partial charge in [-0.15, -0.1) is 0 Å². The fraction of sp³-hybridized carbons (Fsp3) is 0.143. The lowest BCUT2D eigenvalue weighted by Crippen LogP contribution is -2.30. The lowest BCUT2D eigenvalue weighted by Gasteiger charge is -2.18. The standard InChI is InChI=1S/C35H31N5O4/c1-22-12-14-25(15-13-22)29(19-32(42)43)37-35(44)26-16-17-39-31(18-26)38-33(34(39)36-20-24-8-4-3-5-9-24)28-21-40(23(2)41)30-11-7-6-10-27(28)30/h3-18,21,29,36H,19-20H2,1-2H3,(H,37,44)(H,42,43). The van der Waals surface area contributed by atoms with Gasteiger partial charge in [0.15, 0.2) is 0 Å². The lowest BCUT2D eigenvalue weighted by molar-refractivity contribution is -0.137. The molecule has 0 aliphatic rings. The number of aryl methyl sites for hydroxylation is 1. The maximum Gasteiger partial charge on any atom is 0.305 e. The zero-order valence-corrected chi connectivity index (χ0v) is 24.3. The number of fused-ring (bicyclic) bond motifs is 2. The third-order valence-corrected chi connectivity index (χ3v) is 7.66. The molecule has 3 N–H and O–H groups in total. The maximum atomic E-state index is 13.4. The Hall–Kier alpha value is -5.70. The molecular weight excluding hydrogens is 554 g/mol. The van der Waals surface area contributed by atoms with Gasteiger partial charge in [-0.05, 0) is 36.2 Å². The highest BCUT2D eigenvalue weighted by Gasteiger charge is 2.23. The number of pyridine rings is 1. The SMILES string of the molecule is CC(=O)n1cc(-c2nc3cc(C(=O)NC(CC(=O)O)c4ccc(C)cc4)ccn3c2NCc2ccccc2)c2ccccc21. The van der Waals surface area contributed by atoms with Crippen LogP contribution in [0.25, 0.3) is 27.8 Å². The number of para-hydroxylation sites is 1. The van der Waals surface area contributed by atoms with Crippen LogP contribution in [-0.4, -0.2) is 36.8 Å². The van der Waals surface area contributed by atoms with Crippen molar-refractivity contribution in [2.45, 2.75) is 32.9 Å². The fourth-order valence-electron chi connectivity index (χ4n) is 5.42. The molecule has 9 nitrogen and oxygen atoms in total. The molecule has 3 aromatic carbocycles. The molecule has 0 radical (unpaired) electrons. The number of carbonyl (C=O) groups is 3. The normalized spacial score (nSPS) is 11.9. The van der Waals surface area contributed by atoms with Gasteiger partial charge in [0.2, 0.25) is 5.91 Å². The van der Waals surface area contributed by atoms with Crippen LogP contribution in [0.4, 0.5) is 5.82 Å². The number of hydrogen-bond donors (Lipinski definition) is 3. The highest BCUT2D eigenvalue weighted by atomic mass is 16.4. The van der Waals surface area contributed by atoms with E-state index in [2.05, 4.69) is 10.6 Å². The number of carboxylic acid groups (broad SMARTS) is 1. The van der Waals surface area contributed by atoms with E-state index in [1.807, 2.05) is 90.2 Å². The van der Waals surface area contributed by atoms with E-state index in [0.29, 0.717) is 34.8 Å². The first-order valence-corrected chi connectivity index (χ1v) is 14.3. The number of amides is 1. The van der Waals surface area contributed by atoms with E-state index in [1.54, 1.807) is 29.1 Å². The number of anilines is 1. The van der Waals surface area contributed by atoms with Crippen LogP contribution in [-0.2, 0) is 11.3 Å². The fourth-order valence-corrected chi connectivity index (χ4v) is 5.42. The molecule has 0 fully saturated rings. The van der Waals surface area contributed by atoms with Crippen molar-refractivity contribution in [1.29, 1.82) is 0 Å². The number of carboxylic acids is 1. The Morgan fingerprint density at radius 1 is 0.932 bits per heavy atom. The van der Waals surface area contributed by atoms with Crippen molar-refractivity contribution >= 4 is 40.2 Å². The van der Waals surface area contributed by atoms with Crippen LogP contribution in [0.1, 0.15) is 51.2 Å². The number of rotatable bonds is 9. The van der Waals surface area contributed by atoms with Crippen molar-refractivity contribution in [3.8, 4) is 11.3 Å². The van der Waals surface area contributed by atoms with Crippen LogP contribution in [0, 0.1) is 6.92 Å². The zero-order valence-electron chi connectivity index (χ0n) is 24.3. The van der Waals surface area contributed by atoms with Crippen molar-refractivity contribution < 1.29 is 19.5 Å². The van der Waals surface area contributed by atoms with E-state index in [9.17, 15) is 19.5 Å². The van der Waals surface area contributed by atoms with Crippen molar-refractivity contribution in [1.82, 2.24) is 19.3 Å². The zero-order chi connectivity index (χ0) is 30.8. The average Bonchev–Trinajstić information content (AvgIpc) is 3.58. The van der Waals surface area contributed by atoms with Gasteiger partial charge in [0.1, 0.15) is 17.2 Å².